The summed E-state index contributed by atoms with van der Waals surface area (Å²) in [4.78, 5) is 9.00. The van der Waals surface area contributed by atoms with E-state index in [4.69, 9.17) is 4.74 Å². The van der Waals surface area contributed by atoms with Gasteiger partial charge in [0.15, 0.2) is 0 Å². The van der Waals surface area contributed by atoms with Gasteiger partial charge in [-0.2, -0.15) is 0 Å². The third kappa shape index (κ3) is 3.78. The lowest BCUT2D eigenvalue weighted by Gasteiger charge is -2.14. The first kappa shape index (κ1) is 14.0. The molecule has 0 aliphatic carbocycles. The molecule has 0 aliphatic heterocycles. The van der Waals surface area contributed by atoms with Gasteiger partial charge in [-0.25, -0.2) is 9.97 Å². The van der Waals surface area contributed by atoms with E-state index in [0.717, 1.165) is 28.9 Å². The molecule has 1 atom stereocenters. The van der Waals surface area contributed by atoms with E-state index in [0.29, 0.717) is 6.61 Å². The second kappa shape index (κ2) is 6.16. The molecule has 2 heterocycles. The highest BCUT2D eigenvalue weighted by Gasteiger charge is 2.10. The van der Waals surface area contributed by atoms with Gasteiger partial charge >= 0.3 is 0 Å². The minimum absolute atomic E-state index is 0.226. The maximum absolute atomic E-state index is 5.13. The summed E-state index contributed by atoms with van der Waals surface area (Å²) in [5, 5.41) is 6.53. The summed E-state index contributed by atoms with van der Waals surface area (Å²) in [5.41, 5.74) is 2.07. The van der Waals surface area contributed by atoms with Crippen LogP contribution in [0.4, 0.5) is 5.95 Å². The van der Waals surface area contributed by atoms with Crippen molar-refractivity contribution in [2.45, 2.75) is 33.4 Å². The lowest BCUT2D eigenvalue weighted by molar-refractivity contribution is 0.190. The number of anilines is 1. The van der Waals surface area contributed by atoms with Crippen LogP contribution in [0.3, 0.4) is 0 Å². The summed E-state index contributed by atoms with van der Waals surface area (Å²) in [7, 11) is 1.70. The zero-order valence-corrected chi connectivity index (χ0v) is 12.6. The summed E-state index contributed by atoms with van der Waals surface area (Å²) in [6.07, 6.45) is 2.04. The molecule has 1 N–H and O–H groups in total. The van der Waals surface area contributed by atoms with Crippen LogP contribution in [0.1, 0.15) is 23.3 Å². The normalized spacial score (nSPS) is 12.6. The second-order valence-electron chi connectivity index (χ2n) is 4.72. The lowest BCUT2D eigenvalue weighted by atomic mass is 10.4. The van der Waals surface area contributed by atoms with E-state index in [1.54, 1.807) is 18.4 Å². The van der Waals surface area contributed by atoms with Crippen LogP contribution in [0.5, 0.6) is 0 Å². The summed E-state index contributed by atoms with van der Waals surface area (Å²) < 4.78 is 7.23. The van der Waals surface area contributed by atoms with E-state index < -0.39 is 0 Å². The highest BCUT2D eigenvalue weighted by Crippen LogP contribution is 2.15. The van der Waals surface area contributed by atoms with Crippen LogP contribution in [-0.2, 0) is 11.3 Å². The maximum Gasteiger partial charge on any atom is 0.203 e. The Morgan fingerprint density at radius 3 is 2.79 bits per heavy atom. The van der Waals surface area contributed by atoms with Gasteiger partial charge in [-0.05, 0) is 20.8 Å². The highest BCUT2D eigenvalue weighted by atomic mass is 32.1. The minimum atomic E-state index is 0.226. The topological polar surface area (TPSA) is 52.0 Å². The summed E-state index contributed by atoms with van der Waals surface area (Å²) in [6.45, 7) is 7.49. The average Bonchev–Trinajstić information content (AvgIpc) is 2.87. The third-order valence-corrected chi connectivity index (χ3v) is 3.61. The molecule has 2 aromatic rings. The zero-order chi connectivity index (χ0) is 13.8. The number of ether oxygens (including phenoxy) is 1. The quantitative estimate of drug-likeness (QED) is 0.883. The van der Waals surface area contributed by atoms with Gasteiger partial charge in [-0.15, -0.1) is 11.3 Å². The van der Waals surface area contributed by atoms with E-state index in [1.165, 1.54) is 0 Å². The van der Waals surface area contributed by atoms with E-state index in [2.05, 4.69) is 32.2 Å². The Bertz CT molecular complexity index is 534. The molecule has 2 aromatic heterocycles. The van der Waals surface area contributed by atoms with Crippen LogP contribution in [0.2, 0.25) is 0 Å². The van der Waals surface area contributed by atoms with Gasteiger partial charge in [0.25, 0.3) is 0 Å². The van der Waals surface area contributed by atoms with Gasteiger partial charge in [0.1, 0.15) is 5.01 Å². The van der Waals surface area contributed by atoms with Gasteiger partial charge in [0.2, 0.25) is 5.95 Å². The standard InChI is InChI=1S/C13H20N4OS/c1-9-5-17(6-12-14-11(3)8-19-12)13(15-9)16-10(2)7-18-4/h5,8,10H,6-7H2,1-4H3,(H,15,16). The van der Waals surface area contributed by atoms with Crippen LogP contribution < -0.4 is 5.32 Å². The Hall–Kier alpha value is -1.40. The van der Waals surface area contributed by atoms with Crippen LogP contribution >= 0.6 is 11.3 Å². The smallest absolute Gasteiger partial charge is 0.203 e. The first-order valence-corrected chi connectivity index (χ1v) is 7.16. The SMILES string of the molecule is COCC(C)Nc1nc(C)cn1Cc1nc(C)cs1. The number of nitrogens with zero attached hydrogens (tertiary/aromatic N) is 3. The van der Waals surface area contributed by atoms with Crippen LogP contribution in [0, 0.1) is 13.8 Å². The number of imidazole rings is 1. The fourth-order valence-corrected chi connectivity index (χ4v) is 2.69. The Morgan fingerprint density at radius 1 is 1.37 bits per heavy atom. The Kier molecular flexibility index (Phi) is 4.55. The molecule has 2 rings (SSSR count). The van der Waals surface area contributed by atoms with Crippen molar-refractivity contribution in [3.8, 4) is 0 Å². The predicted molar refractivity (Wildman–Crippen MR) is 77.9 cm³/mol. The molecule has 6 heteroatoms. The number of methoxy groups -OCH3 is 1. The Morgan fingerprint density at radius 2 is 2.16 bits per heavy atom. The minimum Gasteiger partial charge on any atom is -0.383 e. The van der Waals surface area contributed by atoms with Crippen LogP contribution in [-0.4, -0.2) is 34.3 Å². The number of hydrogen-bond acceptors (Lipinski definition) is 5. The van der Waals surface area contributed by atoms with Gasteiger partial charge in [0.05, 0.1) is 18.8 Å². The molecule has 19 heavy (non-hydrogen) atoms. The Balaban J connectivity index is 2.11. The number of aryl methyl sites for hydroxylation is 2. The monoisotopic (exact) mass is 280 g/mol. The van der Waals surface area contributed by atoms with E-state index >= 15 is 0 Å². The number of hydrogen-bond donors (Lipinski definition) is 1. The molecule has 0 fully saturated rings. The lowest BCUT2D eigenvalue weighted by Crippen LogP contribution is -2.23. The molecular formula is C13H20N4OS. The second-order valence-corrected chi connectivity index (χ2v) is 5.66. The molecule has 1 unspecified atom stereocenters. The fraction of sp³-hybridized carbons (Fsp3) is 0.538. The zero-order valence-electron chi connectivity index (χ0n) is 11.8. The number of aromatic nitrogens is 3. The fourth-order valence-electron chi connectivity index (χ4n) is 1.92. The number of nitrogens with one attached hydrogen (secondary N) is 1. The van der Waals surface area contributed by atoms with Crippen molar-refractivity contribution in [3.63, 3.8) is 0 Å². The van der Waals surface area contributed by atoms with Gasteiger partial charge < -0.3 is 14.6 Å². The molecular weight excluding hydrogens is 260 g/mol. The molecule has 0 amide bonds. The summed E-state index contributed by atoms with van der Waals surface area (Å²) >= 11 is 1.68. The van der Waals surface area contributed by atoms with Gasteiger partial charge in [-0.3, -0.25) is 0 Å². The molecule has 5 nitrogen and oxygen atoms in total. The first-order valence-electron chi connectivity index (χ1n) is 6.28. The van der Waals surface area contributed by atoms with E-state index in [9.17, 15) is 0 Å². The van der Waals surface area contributed by atoms with Gasteiger partial charge in [0, 0.05) is 30.4 Å². The Labute approximate surface area is 117 Å². The summed E-state index contributed by atoms with van der Waals surface area (Å²) in [6, 6.07) is 0.226. The third-order valence-electron chi connectivity index (χ3n) is 2.66. The number of thiazole rings is 1. The average molecular weight is 280 g/mol. The number of rotatable bonds is 6. The van der Waals surface area contributed by atoms with E-state index in [1.807, 2.05) is 20.0 Å². The van der Waals surface area contributed by atoms with Crippen molar-refractivity contribution in [1.82, 2.24) is 14.5 Å². The maximum atomic E-state index is 5.13. The molecule has 0 radical (unpaired) electrons. The predicted octanol–water partition coefficient (Wildman–Crippen LogP) is 2.45. The van der Waals surface area contributed by atoms with Crippen molar-refractivity contribution < 1.29 is 4.74 Å². The van der Waals surface area contributed by atoms with E-state index in [-0.39, 0.29) is 6.04 Å². The van der Waals surface area contributed by atoms with Crippen molar-refractivity contribution >= 4 is 17.3 Å². The van der Waals surface area contributed by atoms with Crippen molar-refractivity contribution in [2.75, 3.05) is 19.0 Å². The molecule has 0 spiro atoms. The summed E-state index contributed by atoms with van der Waals surface area (Å²) in [5.74, 6) is 0.870. The van der Waals surface area contributed by atoms with Crippen molar-refractivity contribution in [2.24, 2.45) is 0 Å². The molecule has 0 aromatic carbocycles. The molecule has 0 saturated heterocycles. The highest BCUT2D eigenvalue weighted by molar-refractivity contribution is 7.09. The van der Waals surface area contributed by atoms with Crippen molar-refractivity contribution in [3.05, 3.63) is 28.0 Å². The first-order chi connectivity index (χ1) is 9.08. The van der Waals surface area contributed by atoms with Crippen molar-refractivity contribution in [1.29, 1.82) is 0 Å². The molecule has 0 aliphatic rings. The van der Waals surface area contributed by atoms with Crippen LogP contribution in [0.15, 0.2) is 11.6 Å². The van der Waals surface area contributed by atoms with Gasteiger partial charge in [-0.1, -0.05) is 0 Å². The largest absolute Gasteiger partial charge is 0.383 e. The molecule has 0 saturated carbocycles. The van der Waals surface area contributed by atoms with Crippen LogP contribution in [0.25, 0.3) is 0 Å². The molecule has 0 bridgehead atoms. The molecule has 104 valence electrons.